The summed E-state index contributed by atoms with van der Waals surface area (Å²) in [6, 6.07) is 12.0. The lowest BCUT2D eigenvalue weighted by Gasteiger charge is -2.33. The van der Waals surface area contributed by atoms with Crippen molar-refractivity contribution in [2.45, 2.75) is 112 Å². The molecule has 0 spiro atoms. The Bertz CT molecular complexity index is 988. The highest BCUT2D eigenvalue weighted by Gasteiger charge is 2.24. The van der Waals surface area contributed by atoms with Gasteiger partial charge in [-0.2, -0.15) is 0 Å². The SMILES string of the molecule is C[C@H](CNC(C)(C)CCC(C)(C)NCCOc1ccc(OCC(C)(C)C)cc1)Oc1cc(C(C)(C)C)ccn1. The van der Waals surface area contributed by atoms with E-state index in [0.717, 1.165) is 37.4 Å². The Morgan fingerprint density at radius 1 is 0.769 bits per heavy atom. The first kappa shape index (κ1) is 32.9. The summed E-state index contributed by atoms with van der Waals surface area (Å²) in [5, 5.41) is 7.35. The third-order valence-corrected chi connectivity index (χ3v) is 6.64. The fourth-order valence-electron chi connectivity index (χ4n) is 3.90. The van der Waals surface area contributed by atoms with Crippen LogP contribution < -0.4 is 24.8 Å². The van der Waals surface area contributed by atoms with Crippen molar-refractivity contribution >= 4 is 0 Å². The van der Waals surface area contributed by atoms with E-state index >= 15 is 0 Å². The number of nitrogens with zero attached hydrogens (tertiary/aromatic N) is 1. The van der Waals surface area contributed by atoms with E-state index in [4.69, 9.17) is 14.2 Å². The first-order valence-corrected chi connectivity index (χ1v) is 14.4. The van der Waals surface area contributed by atoms with Gasteiger partial charge in [-0.3, -0.25) is 0 Å². The lowest BCUT2D eigenvalue weighted by atomic mass is 9.88. The molecule has 2 aromatic rings. The normalized spacial score (nSPS) is 13.7. The van der Waals surface area contributed by atoms with Crippen LogP contribution in [-0.2, 0) is 5.41 Å². The molecule has 2 N–H and O–H groups in total. The van der Waals surface area contributed by atoms with E-state index in [0.29, 0.717) is 19.1 Å². The topological polar surface area (TPSA) is 64.6 Å². The van der Waals surface area contributed by atoms with Crippen LogP contribution in [-0.4, -0.2) is 48.5 Å². The number of pyridine rings is 1. The maximum Gasteiger partial charge on any atom is 0.213 e. The van der Waals surface area contributed by atoms with Gasteiger partial charge >= 0.3 is 0 Å². The smallest absolute Gasteiger partial charge is 0.213 e. The van der Waals surface area contributed by atoms with Crippen molar-refractivity contribution in [3.63, 3.8) is 0 Å². The van der Waals surface area contributed by atoms with Crippen molar-refractivity contribution < 1.29 is 14.2 Å². The molecule has 0 aliphatic carbocycles. The molecule has 6 heteroatoms. The van der Waals surface area contributed by atoms with Crippen molar-refractivity contribution in [2.24, 2.45) is 5.41 Å². The van der Waals surface area contributed by atoms with Crippen molar-refractivity contribution in [3.05, 3.63) is 48.2 Å². The second kappa shape index (κ2) is 13.8. The standard InChI is InChI=1S/C33H55N3O3/c1-25(39-29-22-26(16-19-34-29)31(5,6)7)23-36-33(10,11)18-17-32(8,9)35-20-21-37-27-12-14-28(15-13-27)38-24-30(2,3)4/h12-16,19,22,25,35-36H,17-18,20-21,23-24H2,1-11H3/t25-/m1/s1. The van der Waals surface area contributed by atoms with E-state index in [1.54, 1.807) is 0 Å². The third kappa shape index (κ3) is 13.5. The largest absolute Gasteiger partial charge is 0.493 e. The summed E-state index contributed by atoms with van der Waals surface area (Å²) in [4.78, 5) is 4.41. The molecular weight excluding hydrogens is 486 g/mol. The number of rotatable bonds is 15. The zero-order valence-electron chi connectivity index (χ0n) is 26.5. The second-order valence-corrected chi connectivity index (χ2v) is 14.3. The molecular formula is C33H55N3O3. The monoisotopic (exact) mass is 541 g/mol. The van der Waals surface area contributed by atoms with Crippen LogP contribution in [0.15, 0.2) is 42.6 Å². The summed E-state index contributed by atoms with van der Waals surface area (Å²) < 4.78 is 17.9. The van der Waals surface area contributed by atoms with Crippen LogP contribution in [0.1, 0.15) is 94.6 Å². The molecule has 0 aliphatic rings. The molecule has 0 bridgehead atoms. The lowest BCUT2D eigenvalue weighted by molar-refractivity contribution is 0.184. The first-order valence-electron chi connectivity index (χ1n) is 14.4. The minimum atomic E-state index is -0.00936. The van der Waals surface area contributed by atoms with E-state index in [1.807, 2.05) is 30.5 Å². The second-order valence-electron chi connectivity index (χ2n) is 14.3. The number of aromatic nitrogens is 1. The van der Waals surface area contributed by atoms with Gasteiger partial charge < -0.3 is 24.8 Å². The molecule has 6 nitrogen and oxygen atoms in total. The minimum Gasteiger partial charge on any atom is -0.493 e. The Morgan fingerprint density at radius 3 is 1.90 bits per heavy atom. The van der Waals surface area contributed by atoms with Gasteiger partial charge in [-0.25, -0.2) is 4.98 Å². The summed E-state index contributed by atoms with van der Waals surface area (Å²) in [5.74, 6) is 2.42. The molecule has 0 saturated heterocycles. The summed E-state index contributed by atoms with van der Waals surface area (Å²) in [7, 11) is 0. The highest BCUT2D eigenvalue weighted by atomic mass is 16.5. The maximum absolute atomic E-state index is 6.12. The van der Waals surface area contributed by atoms with Gasteiger partial charge in [-0.05, 0) is 94.2 Å². The molecule has 39 heavy (non-hydrogen) atoms. The van der Waals surface area contributed by atoms with Crippen molar-refractivity contribution in [3.8, 4) is 17.4 Å². The molecule has 1 aromatic heterocycles. The Kier molecular flexibility index (Phi) is 11.7. The number of nitrogens with one attached hydrogen (secondary N) is 2. The van der Waals surface area contributed by atoms with Gasteiger partial charge in [0.05, 0.1) is 6.61 Å². The molecule has 0 saturated carbocycles. The highest BCUT2D eigenvalue weighted by molar-refractivity contribution is 5.31. The van der Waals surface area contributed by atoms with Crippen molar-refractivity contribution in [1.82, 2.24) is 15.6 Å². The molecule has 0 amide bonds. The summed E-state index contributed by atoms with van der Waals surface area (Å²) in [6.07, 6.45) is 3.93. The molecule has 0 unspecified atom stereocenters. The fraction of sp³-hybridized carbons (Fsp3) is 0.667. The Morgan fingerprint density at radius 2 is 1.33 bits per heavy atom. The first-order chi connectivity index (χ1) is 17.9. The van der Waals surface area contributed by atoms with Crippen LogP contribution in [0, 0.1) is 5.41 Å². The fourth-order valence-corrected chi connectivity index (χ4v) is 3.90. The molecule has 1 atom stereocenters. The Hall–Kier alpha value is -2.31. The van der Waals surface area contributed by atoms with E-state index in [-0.39, 0.29) is 28.0 Å². The van der Waals surface area contributed by atoms with Gasteiger partial charge in [0, 0.05) is 36.4 Å². The van der Waals surface area contributed by atoms with Crippen LogP contribution in [0.2, 0.25) is 0 Å². The lowest BCUT2D eigenvalue weighted by Crippen LogP contribution is -2.47. The van der Waals surface area contributed by atoms with Crippen LogP contribution >= 0.6 is 0 Å². The molecule has 0 radical (unpaired) electrons. The van der Waals surface area contributed by atoms with Crippen LogP contribution in [0.5, 0.6) is 17.4 Å². The van der Waals surface area contributed by atoms with Gasteiger partial charge in [0.25, 0.3) is 0 Å². The van der Waals surface area contributed by atoms with Crippen LogP contribution in [0.25, 0.3) is 0 Å². The van der Waals surface area contributed by atoms with E-state index < -0.39 is 0 Å². The minimum absolute atomic E-state index is 0.00634. The van der Waals surface area contributed by atoms with Gasteiger partial charge in [-0.1, -0.05) is 41.5 Å². The molecule has 0 aliphatic heterocycles. The third-order valence-electron chi connectivity index (χ3n) is 6.64. The highest BCUT2D eigenvalue weighted by Crippen LogP contribution is 2.25. The van der Waals surface area contributed by atoms with E-state index in [1.165, 1.54) is 5.56 Å². The average Bonchev–Trinajstić information content (AvgIpc) is 2.83. The van der Waals surface area contributed by atoms with Gasteiger partial charge in [0.1, 0.15) is 24.2 Å². The predicted molar refractivity (Wildman–Crippen MR) is 163 cm³/mol. The summed E-state index contributed by atoms with van der Waals surface area (Å²) in [5.41, 5.74) is 1.44. The van der Waals surface area contributed by atoms with E-state index in [9.17, 15) is 0 Å². The van der Waals surface area contributed by atoms with Gasteiger partial charge in [0.2, 0.25) is 5.88 Å². The van der Waals surface area contributed by atoms with E-state index in [2.05, 4.69) is 104 Å². The predicted octanol–water partition coefficient (Wildman–Crippen LogP) is 7.17. The molecule has 0 fully saturated rings. The summed E-state index contributed by atoms with van der Waals surface area (Å²) in [6.45, 7) is 27.1. The van der Waals surface area contributed by atoms with Crippen molar-refractivity contribution in [2.75, 3.05) is 26.3 Å². The zero-order valence-corrected chi connectivity index (χ0v) is 26.5. The van der Waals surface area contributed by atoms with Crippen molar-refractivity contribution in [1.29, 1.82) is 0 Å². The van der Waals surface area contributed by atoms with Gasteiger partial charge in [0.15, 0.2) is 0 Å². The summed E-state index contributed by atoms with van der Waals surface area (Å²) >= 11 is 0. The Labute approximate surface area is 238 Å². The number of benzene rings is 1. The molecule has 2 rings (SSSR count). The molecule has 220 valence electrons. The molecule has 1 aromatic carbocycles. The number of ether oxygens (including phenoxy) is 3. The average molecular weight is 542 g/mol. The number of hydrogen-bond acceptors (Lipinski definition) is 6. The van der Waals surface area contributed by atoms with Gasteiger partial charge in [-0.15, -0.1) is 0 Å². The number of hydrogen-bond donors (Lipinski definition) is 2. The molecule has 1 heterocycles. The van der Waals surface area contributed by atoms with Crippen LogP contribution in [0.4, 0.5) is 0 Å². The zero-order chi connectivity index (χ0) is 29.3. The quantitative estimate of drug-likeness (QED) is 0.233. The Balaban J connectivity index is 1.69. The maximum atomic E-state index is 6.12. The van der Waals surface area contributed by atoms with Crippen LogP contribution in [0.3, 0.4) is 0 Å².